The molecule has 0 spiro atoms. The number of benzene rings is 1. The van der Waals surface area contributed by atoms with Gasteiger partial charge >= 0.3 is 5.97 Å². The number of nitrogen functional groups attached to an aromatic ring is 1. The molecule has 0 aromatic heterocycles. The van der Waals surface area contributed by atoms with Crippen molar-refractivity contribution in [2.24, 2.45) is 0 Å². The molecule has 0 fully saturated rings. The molecule has 0 unspecified atom stereocenters. The maximum absolute atomic E-state index is 13.5. The van der Waals surface area contributed by atoms with Gasteiger partial charge in [0.15, 0.2) is 0 Å². The van der Waals surface area contributed by atoms with Crippen molar-refractivity contribution in [3.8, 4) is 0 Å². The standard InChI is InChI=1S/C11H15FN2O4S/c1-7-9(12)4-8(5-10(7)13)19(16,17)14(2)6-11(15)18-3/h4-5H,6,13H2,1-3H3. The molecular weight excluding hydrogens is 275 g/mol. The van der Waals surface area contributed by atoms with Gasteiger partial charge in [-0.3, -0.25) is 4.79 Å². The molecule has 2 N–H and O–H groups in total. The minimum atomic E-state index is -3.99. The number of nitrogens with two attached hydrogens (primary N) is 1. The Morgan fingerprint density at radius 1 is 1.47 bits per heavy atom. The fourth-order valence-corrected chi connectivity index (χ4v) is 2.50. The number of likely N-dealkylation sites (N-methyl/N-ethyl adjacent to an activating group) is 1. The molecule has 106 valence electrons. The topological polar surface area (TPSA) is 89.7 Å². The van der Waals surface area contributed by atoms with E-state index in [1.807, 2.05) is 0 Å². The second-order valence-corrected chi connectivity index (χ2v) is 6.00. The van der Waals surface area contributed by atoms with Crippen LogP contribution in [0.25, 0.3) is 0 Å². The van der Waals surface area contributed by atoms with Crippen molar-refractivity contribution in [1.29, 1.82) is 0 Å². The summed E-state index contributed by atoms with van der Waals surface area (Å²) in [5.74, 6) is -1.43. The van der Waals surface area contributed by atoms with E-state index in [1.54, 1.807) is 0 Å². The van der Waals surface area contributed by atoms with Gasteiger partial charge in [-0.25, -0.2) is 12.8 Å². The lowest BCUT2D eigenvalue weighted by Gasteiger charge is -2.16. The summed E-state index contributed by atoms with van der Waals surface area (Å²) in [7, 11) is -1.65. The van der Waals surface area contributed by atoms with Gasteiger partial charge in [0.05, 0.1) is 12.0 Å². The Kier molecular flexibility index (Phi) is 4.48. The number of esters is 1. The molecule has 0 aliphatic rings. The Bertz CT molecular complexity index is 578. The van der Waals surface area contributed by atoms with Crippen LogP contribution in [0, 0.1) is 12.7 Å². The van der Waals surface area contributed by atoms with Crippen molar-refractivity contribution >= 4 is 21.7 Å². The van der Waals surface area contributed by atoms with Crippen molar-refractivity contribution in [2.75, 3.05) is 26.4 Å². The fourth-order valence-electron chi connectivity index (χ4n) is 1.33. The minimum Gasteiger partial charge on any atom is -0.468 e. The van der Waals surface area contributed by atoms with E-state index in [-0.39, 0.29) is 16.1 Å². The zero-order valence-electron chi connectivity index (χ0n) is 10.8. The van der Waals surface area contributed by atoms with E-state index in [4.69, 9.17) is 5.73 Å². The van der Waals surface area contributed by atoms with E-state index < -0.39 is 28.4 Å². The van der Waals surface area contributed by atoms with Crippen LogP contribution in [0.3, 0.4) is 0 Å². The summed E-state index contributed by atoms with van der Waals surface area (Å²) in [6.45, 7) is 0.980. The average Bonchev–Trinajstić information content (AvgIpc) is 2.34. The fraction of sp³-hybridized carbons (Fsp3) is 0.364. The molecular formula is C11H15FN2O4S. The first-order valence-corrected chi connectivity index (χ1v) is 6.73. The van der Waals surface area contributed by atoms with E-state index >= 15 is 0 Å². The highest BCUT2D eigenvalue weighted by atomic mass is 32.2. The van der Waals surface area contributed by atoms with Gasteiger partial charge in [0, 0.05) is 18.3 Å². The van der Waals surface area contributed by atoms with E-state index in [1.165, 1.54) is 14.0 Å². The number of rotatable bonds is 4. The molecule has 1 aromatic carbocycles. The van der Waals surface area contributed by atoms with Crippen LogP contribution in [-0.4, -0.2) is 39.4 Å². The first-order valence-electron chi connectivity index (χ1n) is 5.29. The van der Waals surface area contributed by atoms with Gasteiger partial charge in [0.25, 0.3) is 0 Å². The number of halogens is 1. The molecule has 0 radical (unpaired) electrons. The molecule has 0 bridgehead atoms. The molecule has 1 rings (SSSR count). The number of hydrogen-bond donors (Lipinski definition) is 1. The van der Waals surface area contributed by atoms with Gasteiger partial charge in [0.1, 0.15) is 12.4 Å². The predicted molar refractivity (Wildman–Crippen MR) is 67.4 cm³/mol. The molecule has 8 heteroatoms. The third-order valence-corrected chi connectivity index (χ3v) is 4.43. The Labute approximate surface area is 111 Å². The van der Waals surface area contributed by atoms with Gasteiger partial charge in [0.2, 0.25) is 10.0 Å². The quantitative estimate of drug-likeness (QED) is 0.644. The van der Waals surface area contributed by atoms with Crippen molar-refractivity contribution in [3.63, 3.8) is 0 Å². The second-order valence-electron chi connectivity index (χ2n) is 3.96. The number of anilines is 1. The molecule has 0 aliphatic carbocycles. The number of nitrogens with zero attached hydrogens (tertiary/aromatic N) is 1. The van der Waals surface area contributed by atoms with Gasteiger partial charge in [-0.1, -0.05) is 0 Å². The summed E-state index contributed by atoms with van der Waals surface area (Å²) in [6.07, 6.45) is 0. The highest BCUT2D eigenvalue weighted by Crippen LogP contribution is 2.22. The van der Waals surface area contributed by atoms with Crippen LogP contribution in [0.2, 0.25) is 0 Å². The summed E-state index contributed by atoms with van der Waals surface area (Å²) < 4.78 is 42.8. The predicted octanol–water partition coefficient (Wildman–Crippen LogP) is 0.510. The Balaban J connectivity index is 3.17. The number of sulfonamides is 1. The Morgan fingerprint density at radius 2 is 2.05 bits per heavy atom. The molecule has 0 aliphatic heterocycles. The molecule has 0 atom stereocenters. The Hall–Kier alpha value is -1.67. The van der Waals surface area contributed by atoms with Crippen LogP contribution < -0.4 is 5.73 Å². The van der Waals surface area contributed by atoms with Gasteiger partial charge in [-0.2, -0.15) is 4.31 Å². The van der Waals surface area contributed by atoms with Gasteiger partial charge < -0.3 is 10.5 Å². The highest BCUT2D eigenvalue weighted by Gasteiger charge is 2.24. The normalized spacial score (nSPS) is 11.6. The second kappa shape index (κ2) is 5.54. The van der Waals surface area contributed by atoms with Crippen LogP contribution in [-0.2, 0) is 19.6 Å². The molecule has 6 nitrogen and oxygen atoms in total. The summed E-state index contributed by atoms with van der Waals surface area (Å²) in [4.78, 5) is 10.8. The first-order chi connectivity index (χ1) is 8.70. The smallest absolute Gasteiger partial charge is 0.321 e. The molecule has 0 saturated carbocycles. The van der Waals surface area contributed by atoms with Crippen LogP contribution in [0.15, 0.2) is 17.0 Å². The maximum atomic E-state index is 13.5. The van der Waals surface area contributed by atoms with Crippen LogP contribution >= 0.6 is 0 Å². The minimum absolute atomic E-state index is 0.0324. The first kappa shape index (κ1) is 15.4. The average molecular weight is 290 g/mol. The van der Waals surface area contributed by atoms with Crippen LogP contribution in [0.5, 0.6) is 0 Å². The lowest BCUT2D eigenvalue weighted by atomic mass is 10.2. The van der Waals surface area contributed by atoms with Gasteiger partial charge in [-0.05, 0) is 19.1 Å². The van der Waals surface area contributed by atoms with Crippen molar-refractivity contribution in [3.05, 3.63) is 23.5 Å². The van der Waals surface area contributed by atoms with Crippen molar-refractivity contribution in [2.45, 2.75) is 11.8 Å². The molecule has 19 heavy (non-hydrogen) atoms. The van der Waals surface area contributed by atoms with Crippen molar-refractivity contribution in [1.82, 2.24) is 4.31 Å². The number of methoxy groups -OCH3 is 1. The SMILES string of the molecule is COC(=O)CN(C)S(=O)(=O)c1cc(N)c(C)c(F)c1. The number of ether oxygens (including phenoxy) is 1. The largest absolute Gasteiger partial charge is 0.468 e. The van der Waals surface area contributed by atoms with Crippen molar-refractivity contribution < 1.29 is 22.3 Å². The third-order valence-electron chi connectivity index (χ3n) is 2.65. The maximum Gasteiger partial charge on any atom is 0.321 e. The zero-order valence-corrected chi connectivity index (χ0v) is 11.6. The third kappa shape index (κ3) is 3.21. The lowest BCUT2D eigenvalue weighted by Crippen LogP contribution is -2.32. The Morgan fingerprint density at radius 3 is 2.53 bits per heavy atom. The molecule has 1 aromatic rings. The summed E-state index contributed by atoms with van der Waals surface area (Å²) in [6, 6.07) is 2.02. The van der Waals surface area contributed by atoms with E-state index in [0.717, 1.165) is 23.5 Å². The van der Waals surface area contributed by atoms with Crippen LogP contribution in [0.1, 0.15) is 5.56 Å². The molecule has 0 amide bonds. The van der Waals surface area contributed by atoms with E-state index in [2.05, 4.69) is 4.74 Å². The summed E-state index contributed by atoms with van der Waals surface area (Å²) >= 11 is 0. The van der Waals surface area contributed by atoms with Crippen LogP contribution in [0.4, 0.5) is 10.1 Å². The highest BCUT2D eigenvalue weighted by molar-refractivity contribution is 7.89. The number of carbonyl (C=O) groups excluding carboxylic acids is 1. The number of carbonyl (C=O) groups is 1. The monoisotopic (exact) mass is 290 g/mol. The lowest BCUT2D eigenvalue weighted by molar-refractivity contribution is -0.140. The number of hydrogen-bond acceptors (Lipinski definition) is 5. The zero-order chi connectivity index (χ0) is 14.8. The molecule has 0 saturated heterocycles. The van der Waals surface area contributed by atoms with E-state index in [9.17, 15) is 17.6 Å². The summed E-state index contributed by atoms with van der Waals surface area (Å²) in [5, 5.41) is 0. The van der Waals surface area contributed by atoms with E-state index in [0.29, 0.717) is 0 Å². The van der Waals surface area contributed by atoms with Gasteiger partial charge in [-0.15, -0.1) is 0 Å². The summed E-state index contributed by atoms with van der Waals surface area (Å²) in [5.41, 5.74) is 5.74. The molecule has 0 heterocycles.